The molecule has 0 heterocycles. The lowest BCUT2D eigenvalue weighted by atomic mass is 10.1. The van der Waals surface area contributed by atoms with E-state index in [0.717, 1.165) is 25.2 Å². The largest absolute Gasteiger partial charge is 0.329 e. The number of anilines is 1. The van der Waals surface area contributed by atoms with Crippen LogP contribution >= 0.6 is 12.4 Å². The fourth-order valence-electron chi connectivity index (χ4n) is 2.48. The predicted molar refractivity (Wildman–Crippen MR) is 103 cm³/mol. The average Bonchev–Trinajstić information content (AvgIpc) is 2.61. The molecule has 5 heteroatoms. The van der Waals surface area contributed by atoms with E-state index in [2.05, 4.69) is 17.0 Å². The molecule has 0 bridgehead atoms. The summed E-state index contributed by atoms with van der Waals surface area (Å²) in [5, 5.41) is 0. The first-order valence-corrected chi connectivity index (χ1v) is 7.98. The summed E-state index contributed by atoms with van der Waals surface area (Å²) < 4.78 is 0. The Kier molecular flexibility index (Phi) is 9.08. The van der Waals surface area contributed by atoms with Gasteiger partial charge in [-0.1, -0.05) is 48.5 Å². The Morgan fingerprint density at radius 3 is 2.12 bits per heavy atom. The molecular weight excluding hydrogens is 322 g/mol. The highest BCUT2D eigenvalue weighted by molar-refractivity contribution is 5.94. The molecule has 24 heavy (non-hydrogen) atoms. The van der Waals surface area contributed by atoms with Crippen molar-refractivity contribution >= 4 is 24.0 Å². The van der Waals surface area contributed by atoms with Gasteiger partial charge in [-0.3, -0.25) is 9.69 Å². The van der Waals surface area contributed by atoms with Crippen LogP contribution < -0.4 is 10.6 Å². The Morgan fingerprint density at radius 2 is 1.54 bits per heavy atom. The van der Waals surface area contributed by atoms with Gasteiger partial charge in [0.05, 0.1) is 6.54 Å². The molecule has 2 aromatic rings. The SMILES string of the molecule is CN(C(=O)CN(CCN)CCc1ccccc1)c1ccccc1.Cl. The third kappa shape index (κ3) is 6.32. The Hall–Kier alpha value is -1.88. The number of benzene rings is 2. The molecule has 2 rings (SSSR count). The minimum Gasteiger partial charge on any atom is -0.329 e. The van der Waals surface area contributed by atoms with E-state index in [0.29, 0.717) is 13.1 Å². The third-order valence-electron chi connectivity index (χ3n) is 3.88. The fourth-order valence-corrected chi connectivity index (χ4v) is 2.48. The van der Waals surface area contributed by atoms with Gasteiger partial charge < -0.3 is 10.6 Å². The first-order valence-electron chi connectivity index (χ1n) is 7.98. The molecule has 0 unspecified atom stereocenters. The summed E-state index contributed by atoms with van der Waals surface area (Å²) in [6.45, 7) is 2.49. The molecule has 130 valence electrons. The molecular formula is C19H26ClN3O. The molecule has 0 aliphatic carbocycles. The summed E-state index contributed by atoms with van der Waals surface area (Å²) in [5.41, 5.74) is 7.88. The van der Waals surface area contributed by atoms with Crippen LogP contribution in [-0.4, -0.2) is 44.0 Å². The topological polar surface area (TPSA) is 49.6 Å². The van der Waals surface area contributed by atoms with Crippen molar-refractivity contribution in [1.82, 2.24) is 4.90 Å². The van der Waals surface area contributed by atoms with E-state index in [4.69, 9.17) is 5.73 Å². The Balaban J connectivity index is 0.00000288. The molecule has 0 radical (unpaired) electrons. The number of carbonyl (C=O) groups excluding carboxylic acids is 1. The van der Waals surface area contributed by atoms with Crippen molar-refractivity contribution in [2.45, 2.75) is 6.42 Å². The molecule has 0 fully saturated rings. The lowest BCUT2D eigenvalue weighted by Crippen LogP contribution is -2.41. The van der Waals surface area contributed by atoms with Crippen LogP contribution in [0.1, 0.15) is 5.56 Å². The van der Waals surface area contributed by atoms with Crippen LogP contribution in [0.3, 0.4) is 0 Å². The van der Waals surface area contributed by atoms with Crippen LogP contribution in [0.25, 0.3) is 0 Å². The molecule has 0 aliphatic rings. The van der Waals surface area contributed by atoms with Crippen LogP contribution in [0, 0.1) is 0 Å². The Morgan fingerprint density at radius 1 is 0.958 bits per heavy atom. The quantitative estimate of drug-likeness (QED) is 0.798. The van der Waals surface area contributed by atoms with E-state index in [9.17, 15) is 4.79 Å². The summed E-state index contributed by atoms with van der Waals surface area (Å²) in [7, 11) is 1.81. The molecule has 0 saturated carbocycles. The zero-order valence-electron chi connectivity index (χ0n) is 14.1. The second-order valence-corrected chi connectivity index (χ2v) is 5.59. The van der Waals surface area contributed by atoms with Gasteiger partial charge in [0, 0.05) is 32.4 Å². The van der Waals surface area contributed by atoms with Gasteiger partial charge >= 0.3 is 0 Å². The standard InChI is InChI=1S/C19H25N3O.ClH/c1-21(18-10-6-3-7-11-18)19(23)16-22(15-13-20)14-12-17-8-4-2-5-9-17;/h2-11H,12-16,20H2,1H3;1H. The van der Waals surface area contributed by atoms with Crippen molar-refractivity contribution in [3.8, 4) is 0 Å². The maximum Gasteiger partial charge on any atom is 0.240 e. The summed E-state index contributed by atoms with van der Waals surface area (Å²) in [6.07, 6.45) is 0.920. The first-order chi connectivity index (χ1) is 11.2. The van der Waals surface area contributed by atoms with Crippen molar-refractivity contribution in [3.63, 3.8) is 0 Å². The maximum atomic E-state index is 12.5. The third-order valence-corrected chi connectivity index (χ3v) is 3.88. The van der Waals surface area contributed by atoms with Gasteiger partial charge in [-0.15, -0.1) is 12.4 Å². The number of para-hydroxylation sites is 1. The van der Waals surface area contributed by atoms with Gasteiger partial charge in [0.1, 0.15) is 0 Å². The van der Waals surface area contributed by atoms with Crippen molar-refractivity contribution in [3.05, 3.63) is 66.2 Å². The monoisotopic (exact) mass is 347 g/mol. The number of hydrogen-bond acceptors (Lipinski definition) is 3. The smallest absolute Gasteiger partial charge is 0.240 e. The minimum absolute atomic E-state index is 0. The highest BCUT2D eigenvalue weighted by Crippen LogP contribution is 2.11. The molecule has 4 nitrogen and oxygen atoms in total. The zero-order valence-corrected chi connectivity index (χ0v) is 14.9. The van der Waals surface area contributed by atoms with Gasteiger partial charge in [-0.2, -0.15) is 0 Å². The number of likely N-dealkylation sites (N-methyl/N-ethyl adjacent to an activating group) is 1. The maximum absolute atomic E-state index is 12.5. The Bertz CT molecular complexity index is 592. The predicted octanol–water partition coefficient (Wildman–Crippen LogP) is 2.57. The number of amides is 1. The van der Waals surface area contributed by atoms with Gasteiger partial charge in [0.25, 0.3) is 0 Å². The van der Waals surface area contributed by atoms with E-state index in [-0.39, 0.29) is 18.3 Å². The second kappa shape index (κ2) is 10.8. The summed E-state index contributed by atoms with van der Waals surface area (Å²) >= 11 is 0. The number of nitrogens with zero attached hydrogens (tertiary/aromatic N) is 2. The van der Waals surface area contributed by atoms with Crippen LogP contribution in [0.5, 0.6) is 0 Å². The van der Waals surface area contributed by atoms with Gasteiger partial charge in [-0.25, -0.2) is 0 Å². The number of rotatable bonds is 8. The molecule has 0 aromatic heterocycles. The number of hydrogen-bond donors (Lipinski definition) is 1. The molecule has 2 N–H and O–H groups in total. The fraction of sp³-hybridized carbons (Fsp3) is 0.316. The molecule has 0 atom stereocenters. The van der Waals surface area contributed by atoms with Crippen molar-refractivity contribution in [2.24, 2.45) is 5.73 Å². The van der Waals surface area contributed by atoms with E-state index >= 15 is 0 Å². The summed E-state index contributed by atoms with van der Waals surface area (Å²) in [4.78, 5) is 16.3. The number of halogens is 1. The van der Waals surface area contributed by atoms with Gasteiger partial charge in [0.15, 0.2) is 0 Å². The molecule has 2 aromatic carbocycles. The van der Waals surface area contributed by atoms with Crippen molar-refractivity contribution in [1.29, 1.82) is 0 Å². The van der Waals surface area contributed by atoms with Crippen LogP contribution in [0.4, 0.5) is 5.69 Å². The van der Waals surface area contributed by atoms with Gasteiger partial charge in [0.2, 0.25) is 5.91 Å². The lowest BCUT2D eigenvalue weighted by Gasteiger charge is -2.24. The number of nitrogens with two attached hydrogens (primary N) is 1. The number of carbonyl (C=O) groups is 1. The average molecular weight is 348 g/mol. The van der Waals surface area contributed by atoms with Crippen molar-refractivity contribution in [2.75, 3.05) is 38.1 Å². The van der Waals surface area contributed by atoms with Crippen LogP contribution in [0.15, 0.2) is 60.7 Å². The summed E-state index contributed by atoms with van der Waals surface area (Å²) in [5.74, 6) is 0.0812. The normalized spacial score (nSPS) is 10.3. The lowest BCUT2D eigenvalue weighted by molar-refractivity contribution is -0.119. The van der Waals surface area contributed by atoms with E-state index in [1.54, 1.807) is 4.90 Å². The zero-order chi connectivity index (χ0) is 16.5. The molecule has 0 spiro atoms. The van der Waals surface area contributed by atoms with E-state index in [1.807, 2.05) is 55.6 Å². The first kappa shape index (κ1) is 20.2. The highest BCUT2D eigenvalue weighted by atomic mass is 35.5. The summed E-state index contributed by atoms with van der Waals surface area (Å²) in [6, 6.07) is 20.0. The highest BCUT2D eigenvalue weighted by Gasteiger charge is 2.15. The second-order valence-electron chi connectivity index (χ2n) is 5.59. The molecule has 1 amide bonds. The Labute approximate surface area is 150 Å². The van der Waals surface area contributed by atoms with Crippen LogP contribution in [0.2, 0.25) is 0 Å². The van der Waals surface area contributed by atoms with Crippen molar-refractivity contribution < 1.29 is 4.79 Å². The van der Waals surface area contributed by atoms with E-state index < -0.39 is 0 Å². The minimum atomic E-state index is 0. The molecule has 0 saturated heterocycles. The van der Waals surface area contributed by atoms with Gasteiger partial charge in [-0.05, 0) is 24.1 Å². The molecule has 0 aliphatic heterocycles. The van der Waals surface area contributed by atoms with E-state index in [1.165, 1.54) is 5.56 Å². The van der Waals surface area contributed by atoms with Crippen LogP contribution in [-0.2, 0) is 11.2 Å².